The second-order valence-corrected chi connectivity index (χ2v) is 4.65. The molecule has 2 rings (SSSR count). The third-order valence-electron chi connectivity index (χ3n) is 3.25. The molecule has 19 heavy (non-hydrogen) atoms. The van der Waals surface area contributed by atoms with Crippen LogP contribution >= 0.6 is 0 Å². The maximum atomic E-state index is 11.4. The normalized spacial score (nSPS) is 14.3. The van der Waals surface area contributed by atoms with E-state index in [-0.39, 0.29) is 11.9 Å². The Hall–Kier alpha value is -1.51. The highest BCUT2D eigenvalue weighted by atomic mass is 16.5. The fraction of sp³-hybridized carbons (Fsp3) is 0.562. The molecule has 0 spiro atoms. The molecule has 3 heteroatoms. The first-order valence-electron chi connectivity index (χ1n) is 7.14. The van der Waals surface area contributed by atoms with Crippen LogP contribution in [0.1, 0.15) is 38.3 Å². The van der Waals surface area contributed by atoms with Crippen LogP contribution in [0.3, 0.4) is 0 Å². The minimum atomic E-state index is -0.138. The number of rotatable bonds is 3. The molecule has 1 atom stereocenters. The monoisotopic (exact) mass is 263 g/mol. The number of aryl methyl sites for hydroxylation is 1. The Bertz CT molecular complexity index is 415. The number of methoxy groups -OCH3 is 1. The number of hydrogen-bond donors (Lipinski definition) is 1. The molecule has 0 aliphatic carbocycles. The van der Waals surface area contributed by atoms with Gasteiger partial charge in [-0.25, -0.2) is 0 Å². The van der Waals surface area contributed by atoms with Gasteiger partial charge in [0.2, 0.25) is 0 Å². The molecule has 1 unspecified atom stereocenters. The number of benzene rings is 1. The van der Waals surface area contributed by atoms with Crippen LogP contribution in [-0.2, 0) is 22.4 Å². The Morgan fingerprint density at radius 2 is 2.16 bits per heavy atom. The second-order valence-electron chi connectivity index (χ2n) is 4.65. The maximum absolute atomic E-state index is 11.4. The van der Waals surface area contributed by atoms with Gasteiger partial charge < -0.3 is 10.1 Å². The number of carbonyl (C=O) groups excluding carboxylic acids is 1. The van der Waals surface area contributed by atoms with E-state index < -0.39 is 0 Å². The highest BCUT2D eigenvalue weighted by Crippen LogP contribution is 2.24. The number of nitrogens with one attached hydrogen (secondary N) is 1. The highest BCUT2D eigenvalue weighted by molar-refractivity contribution is 5.72. The van der Waals surface area contributed by atoms with Gasteiger partial charge in [0.05, 0.1) is 13.0 Å². The Labute approximate surface area is 116 Å². The van der Waals surface area contributed by atoms with Gasteiger partial charge in [0, 0.05) is 12.2 Å². The lowest BCUT2D eigenvalue weighted by Crippen LogP contribution is -2.16. The first-order chi connectivity index (χ1) is 9.20. The molecule has 0 saturated carbocycles. The van der Waals surface area contributed by atoms with E-state index in [0.29, 0.717) is 0 Å². The standard InChI is InChI=1S/C14H19NO2.C2H6/c1-10(14(16)17-2)8-11-5-6-13-12(9-11)4-3-7-15-13;1-2/h5-6,9-10,15H,3-4,7-8H2,1-2H3;1-2H3. The van der Waals surface area contributed by atoms with Crippen molar-refractivity contribution in [3.63, 3.8) is 0 Å². The van der Waals surface area contributed by atoms with E-state index in [9.17, 15) is 4.79 Å². The predicted molar refractivity (Wildman–Crippen MR) is 79.5 cm³/mol. The minimum Gasteiger partial charge on any atom is -0.469 e. The lowest BCUT2D eigenvalue weighted by Gasteiger charge is -2.19. The van der Waals surface area contributed by atoms with Gasteiger partial charge in [0.15, 0.2) is 0 Å². The summed E-state index contributed by atoms with van der Waals surface area (Å²) in [5.74, 6) is -0.213. The molecule has 1 aliphatic rings. The summed E-state index contributed by atoms with van der Waals surface area (Å²) >= 11 is 0. The molecule has 106 valence electrons. The van der Waals surface area contributed by atoms with Crippen molar-refractivity contribution < 1.29 is 9.53 Å². The lowest BCUT2D eigenvalue weighted by molar-refractivity contribution is -0.144. The van der Waals surface area contributed by atoms with Crippen LogP contribution in [0.2, 0.25) is 0 Å². The van der Waals surface area contributed by atoms with E-state index in [1.807, 2.05) is 20.8 Å². The molecule has 0 aromatic heterocycles. The molecule has 0 radical (unpaired) electrons. The van der Waals surface area contributed by atoms with Crippen LogP contribution in [0.25, 0.3) is 0 Å². The van der Waals surface area contributed by atoms with Gasteiger partial charge in [-0.1, -0.05) is 32.9 Å². The van der Waals surface area contributed by atoms with Gasteiger partial charge in [0.25, 0.3) is 0 Å². The van der Waals surface area contributed by atoms with Crippen LogP contribution in [-0.4, -0.2) is 19.6 Å². The van der Waals surface area contributed by atoms with Crippen LogP contribution in [0, 0.1) is 5.92 Å². The van der Waals surface area contributed by atoms with Gasteiger partial charge in [-0.15, -0.1) is 0 Å². The smallest absolute Gasteiger partial charge is 0.308 e. The summed E-state index contributed by atoms with van der Waals surface area (Å²) in [6, 6.07) is 6.42. The van der Waals surface area contributed by atoms with E-state index in [1.165, 1.54) is 30.3 Å². The summed E-state index contributed by atoms with van der Waals surface area (Å²) in [5.41, 5.74) is 3.82. The van der Waals surface area contributed by atoms with Crippen LogP contribution < -0.4 is 5.32 Å². The Morgan fingerprint density at radius 3 is 2.84 bits per heavy atom. The molecule has 1 N–H and O–H groups in total. The van der Waals surface area contributed by atoms with Crippen LogP contribution in [0.5, 0.6) is 0 Å². The molecule has 1 aromatic rings. The zero-order valence-electron chi connectivity index (χ0n) is 12.5. The molecule has 0 amide bonds. The topological polar surface area (TPSA) is 38.3 Å². The molecular formula is C16H25NO2. The molecular weight excluding hydrogens is 238 g/mol. The van der Waals surface area contributed by atoms with Crippen molar-refractivity contribution in [2.75, 3.05) is 19.0 Å². The average Bonchev–Trinajstić information content (AvgIpc) is 2.48. The third-order valence-corrected chi connectivity index (χ3v) is 3.25. The van der Waals surface area contributed by atoms with Gasteiger partial charge in [-0.2, -0.15) is 0 Å². The Balaban J connectivity index is 0.000000861. The summed E-state index contributed by atoms with van der Waals surface area (Å²) in [6.45, 7) is 6.97. The van der Waals surface area contributed by atoms with Crippen molar-refractivity contribution in [2.24, 2.45) is 5.92 Å². The summed E-state index contributed by atoms with van der Waals surface area (Å²) in [5, 5.41) is 3.39. The van der Waals surface area contributed by atoms with Gasteiger partial charge in [0.1, 0.15) is 0 Å². The highest BCUT2D eigenvalue weighted by Gasteiger charge is 2.15. The van der Waals surface area contributed by atoms with Crippen LogP contribution in [0.15, 0.2) is 18.2 Å². The van der Waals surface area contributed by atoms with E-state index in [2.05, 4.69) is 23.5 Å². The minimum absolute atomic E-state index is 0.0744. The zero-order valence-corrected chi connectivity index (χ0v) is 12.5. The van der Waals surface area contributed by atoms with Crippen molar-refractivity contribution in [1.82, 2.24) is 0 Å². The zero-order chi connectivity index (χ0) is 14.3. The Morgan fingerprint density at radius 1 is 1.42 bits per heavy atom. The average molecular weight is 263 g/mol. The van der Waals surface area contributed by atoms with Crippen molar-refractivity contribution in [1.29, 1.82) is 0 Å². The molecule has 3 nitrogen and oxygen atoms in total. The number of esters is 1. The second kappa shape index (κ2) is 7.82. The third kappa shape index (κ3) is 4.27. The fourth-order valence-corrected chi connectivity index (χ4v) is 2.29. The summed E-state index contributed by atoms with van der Waals surface area (Å²) in [6.07, 6.45) is 3.06. The number of hydrogen-bond acceptors (Lipinski definition) is 3. The van der Waals surface area contributed by atoms with E-state index in [4.69, 9.17) is 4.74 Å². The largest absolute Gasteiger partial charge is 0.469 e. The van der Waals surface area contributed by atoms with E-state index in [0.717, 1.165) is 19.4 Å². The van der Waals surface area contributed by atoms with Crippen molar-refractivity contribution in [3.05, 3.63) is 29.3 Å². The molecule has 1 aliphatic heterocycles. The quantitative estimate of drug-likeness (QED) is 0.849. The summed E-state index contributed by atoms with van der Waals surface area (Å²) < 4.78 is 4.75. The number of carbonyl (C=O) groups is 1. The predicted octanol–water partition coefficient (Wildman–Crippen LogP) is 3.42. The molecule has 0 saturated heterocycles. The van der Waals surface area contributed by atoms with E-state index in [1.54, 1.807) is 0 Å². The van der Waals surface area contributed by atoms with Crippen molar-refractivity contribution in [3.8, 4) is 0 Å². The fourth-order valence-electron chi connectivity index (χ4n) is 2.29. The lowest BCUT2D eigenvalue weighted by atomic mass is 9.96. The Kier molecular flexibility index (Phi) is 6.40. The SMILES string of the molecule is CC.COC(=O)C(C)Cc1ccc2c(c1)CCCN2. The molecule has 1 aromatic carbocycles. The van der Waals surface area contributed by atoms with Gasteiger partial charge in [-0.3, -0.25) is 4.79 Å². The summed E-state index contributed by atoms with van der Waals surface area (Å²) in [4.78, 5) is 11.4. The number of anilines is 1. The molecule has 1 heterocycles. The van der Waals surface area contributed by atoms with Crippen molar-refractivity contribution in [2.45, 2.75) is 40.0 Å². The summed E-state index contributed by atoms with van der Waals surface area (Å²) in [7, 11) is 1.44. The number of fused-ring (bicyclic) bond motifs is 1. The first kappa shape index (κ1) is 15.5. The molecule has 0 bridgehead atoms. The van der Waals surface area contributed by atoms with Gasteiger partial charge in [-0.05, 0) is 36.5 Å². The first-order valence-corrected chi connectivity index (χ1v) is 7.14. The van der Waals surface area contributed by atoms with Crippen LogP contribution in [0.4, 0.5) is 5.69 Å². The maximum Gasteiger partial charge on any atom is 0.308 e. The number of ether oxygens (including phenoxy) is 1. The van der Waals surface area contributed by atoms with E-state index >= 15 is 0 Å². The molecule has 0 fully saturated rings. The van der Waals surface area contributed by atoms with Gasteiger partial charge >= 0.3 is 5.97 Å². The van der Waals surface area contributed by atoms with Crippen molar-refractivity contribution >= 4 is 11.7 Å².